The second-order valence-electron chi connectivity index (χ2n) is 6.34. The van der Waals surface area contributed by atoms with Crippen molar-refractivity contribution in [2.24, 2.45) is 5.92 Å². The molecule has 1 saturated heterocycles. The Hall–Kier alpha value is -2.81. The van der Waals surface area contributed by atoms with E-state index in [2.05, 4.69) is 15.6 Å². The first kappa shape index (κ1) is 17.0. The Morgan fingerprint density at radius 3 is 2.76 bits per heavy atom. The van der Waals surface area contributed by atoms with Crippen LogP contribution >= 0.6 is 0 Å². The van der Waals surface area contributed by atoms with Crippen molar-refractivity contribution in [3.05, 3.63) is 54.1 Å². The average molecular weight is 338 g/mol. The molecule has 0 bridgehead atoms. The molecule has 3 rings (SSSR count). The standard InChI is InChI=1S/C19H22N4O2/c20-9-6-18-12-21-15-23(18)13-16-7-10-22(11-8-16)19(24)25-14-17-4-2-1-3-5-17/h1-5,12,15-16H,6-8,10-11,13-14H2. The molecule has 1 aliphatic rings. The average Bonchev–Trinajstić information content (AvgIpc) is 3.08. The molecule has 1 amide bonds. The number of amides is 1. The summed E-state index contributed by atoms with van der Waals surface area (Å²) in [5, 5.41) is 8.85. The lowest BCUT2D eigenvalue weighted by molar-refractivity contribution is 0.0806. The van der Waals surface area contributed by atoms with E-state index in [9.17, 15) is 4.79 Å². The minimum atomic E-state index is -0.241. The molecule has 25 heavy (non-hydrogen) atoms. The number of carbonyl (C=O) groups excluding carboxylic acids is 1. The number of hydrogen-bond donors (Lipinski definition) is 0. The number of imidazole rings is 1. The van der Waals surface area contributed by atoms with Crippen LogP contribution in [0.5, 0.6) is 0 Å². The van der Waals surface area contributed by atoms with Gasteiger partial charge in [0.05, 0.1) is 24.5 Å². The van der Waals surface area contributed by atoms with Gasteiger partial charge < -0.3 is 14.2 Å². The lowest BCUT2D eigenvalue weighted by atomic mass is 9.97. The molecule has 0 unspecified atom stereocenters. The molecule has 0 aliphatic carbocycles. The molecule has 0 N–H and O–H groups in total. The highest BCUT2D eigenvalue weighted by Crippen LogP contribution is 2.21. The van der Waals surface area contributed by atoms with E-state index >= 15 is 0 Å². The number of likely N-dealkylation sites (tertiary alicyclic amines) is 1. The van der Waals surface area contributed by atoms with Gasteiger partial charge in [-0.15, -0.1) is 0 Å². The van der Waals surface area contributed by atoms with Crippen LogP contribution in [0.4, 0.5) is 4.79 Å². The van der Waals surface area contributed by atoms with Gasteiger partial charge in [0.1, 0.15) is 6.61 Å². The molecular weight excluding hydrogens is 316 g/mol. The van der Waals surface area contributed by atoms with E-state index in [0.717, 1.165) is 30.6 Å². The largest absolute Gasteiger partial charge is 0.445 e. The molecule has 0 spiro atoms. The Kier molecular flexibility index (Phi) is 5.68. The second kappa shape index (κ2) is 8.34. The second-order valence-corrected chi connectivity index (χ2v) is 6.34. The van der Waals surface area contributed by atoms with Crippen LogP contribution in [0.1, 0.15) is 24.1 Å². The molecule has 1 fully saturated rings. The molecule has 0 atom stereocenters. The third kappa shape index (κ3) is 4.60. The molecule has 6 heteroatoms. The van der Waals surface area contributed by atoms with Crippen molar-refractivity contribution < 1.29 is 9.53 Å². The molecule has 1 aromatic carbocycles. The normalized spacial score (nSPS) is 14.9. The van der Waals surface area contributed by atoms with Crippen molar-refractivity contribution in [2.45, 2.75) is 32.4 Å². The van der Waals surface area contributed by atoms with Gasteiger partial charge in [0, 0.05) is 25.8 Å². The number of hydrogen-bond acceptors (Lipinski definition) is 4. The van der Waals surface area contributed by atoms with Crippen LogP contribution in [0.3, 0.4) is 0 Å². The number of ether oxygens (including phenoxy) is 1. The van der Waals surface area contributed by atoms with Gasteiger partial charge in [-0.25, -0.2) is 9.78 Å². The van der Waals surface area contributed by atoms with Gasteiger partial charge in [0.25, 0.3) is 0 Å². The molecule has 1 aromatic heterocycles. The van der Waals surface area contributed by atoms with E-state index < -0.39 is 0 Å². The van der Waals surface area contributed by atoms with Gasteiger partial charge in [-0.1, -0.05) is 30.3 Å². The van der Waals surface area contributed by atoms with Gasteiger partial charge >= 0.3 is 6.09 Å². The van der Waals surface area contributed by atoms with E-state index in [1.807, 2.05) is 30.3 Å². The summed E-state index contributed by atoms with van der Waals surface area (Å²) in [7, 11) is 0. The summed E-state index contributed by atoms with van der Waals surface area (Å²) in [4.78, 5) is 18.1. The van der Waals surface area contributed by atoms with Crippen molar-refractivity contribution in [1.82, 2.24) is 14.5 Å². The summed E-state index contributed by atoms with van der Waals surface area (Å²) in [5.74, 6) is 0.491. The van der Waals surface area contributed by atoms with Crippen LogP contribution < -0.4 is 0 Å². The van der Waals surface area contributed by atoms with Crippen LogP contribution in [-0.4, -0.2) is 33.6 Å². The Balaban J connectivity index is 1.44. The van der Waals surface area contributed by atoms with Gasteiger partial charge in [-0.05, 0) is 24.3 Å². The first-order valence-electron chi connectivity index (χ1n) is 8.58. The van der Waals surface area contributed by atoms with Crippen molar-refractivity contribution in [1.29, 1.82) is 5.26 Å². The van der Waals surface area contributed by atoms with Gasteiger partial charge in [-0.2, -0.15) is 5.26 Å². The Morgan fingerprint density at radius 2 is 2.04 bits per heavy atom. The Bertz CT molecular complexity index is 727. The third-order valence-corrected chi connectivity index (χ3v) is 4.59. The monoisotopic (exact) mass is 338 g/mol. The van der Waals surface area contributed by atoms with Gasteiger partial charge in [0.15, 0.2) is 0 Å². The molecule has 130 valence electrons. The number of carbonyl (C=O) groups is 1. The van der Waals surface area contributed by atoms with Crippen molar-refractivity contribution in [3.8, 4) is 6.07 Å². The van der Waals surface area contributed by atoms with Crippen molar-refractivity contribution in [2.75, 3.05) is 13.1 Å². The highest BCUT2D eigenvalue weighted by atomic mass is 16.6. The molecular formula is C19H22N4O2. The summed E-state index contributed by atoms with van der Waals surface area (Å²) in [6.07, 6.45) is 5.54. The number of nitrogens with zero attached hydrogens (tertiary/aromatic N) is 4. The molecule has 6 nitrogen and oxygen atoms in total. The predicted octanol–water partition coefficient (Wildman–Crippen LogP) is 3.00. The van der Waals surface area contributed by atoms with E-state index in [1.165, 1.54) is 0 Å². The summed E-state index contributed by atoms with van der Waals surface area (Å²) in [6, 6.07) is 11.9. The van der Waals surface area contributed by atoms with Crippen LogP contribution in [0.2, 0.25) is 0 Å². The van der Waals surface area contributed by atoms with Crippen molar-refractivity contribution in [3.63, 3.8) is 0 Å². The third-order valence-electron chi connectivity index (χ3n) is 4.59. The number of piperidine rings is 1. The minimum Gasteiger partial charge on any atom is -0.445 e. The molecule has 1 aliphatic heterocycles. The molecule has 0 radical (unpaired) electrons. The number of benzene rings is 1. The fraction of sp³-hybridized carbons (Fsp3) is 0.421. The summed E-state index contributed by atoms with van der Waals surface area (Å²) >= 11 is 0. The van der Waals surface area contributed by atoms with Crippen LogP contribution in [-0.2, 0) is 24.3 Å². The van der Waals surface area contributed by atoms with Gasteiger partial charge in [0.2, 0.25) is 0 Å². The lowest BCUT2D eigenvalue weighted by Gasteiger charge is -2.31. The van der Waals surface area contributed by atoms with E-state index in [4.69, 9.17) is 10.00 Å². The SMILES string of the molecule is N#CCc1cncn1CC1CCN(C(=O)OCc2ccccc2)CC1. The first-order valence-corrected chi connectivity index (χ1v) is 8.58. The maximum absolute atomic E-state index is 12.2. The highest BCUT2D eigenvalue weighted by Gasteiger charge is 2.24. The zero-order valence-electron chi connectivity index (χ0n) is 14.2. The summed E-state index contributed by atoms with van der Waals surface area (Å²) in [5.41, 5.74) is 1.95. The predicted molar refractivity (Wildman–Crippen MR) is 92.5 cm³/mol. The maximum atomic E-state index is 12.2. The smallest absolute Gasteiger partial charge is 0.410 e. The topological polar surface area (TPSA) is 71.2 Å². The fourth-order valence-corrected chi connectivity index (χ4v) is 3.13. The number of nitriles is 1. The number of aromatic nitrogens is 2. The first-order chi connectivity index (χ1) is 12.3. The van der Waals surface area contributed by atoms with E-state index in [0.29, 0.717) is 32.0 Å². The minimum absolute atomic E-state index is 0.241. The molecule has 2 heterocycles. The maximum Gasteiger partial charge on any atom is 0.410 e. The van der Waals surface area contributed by atoms with Crippen LogP contribution in [0, 0.1) is 17.2 Å². The zero-order valence-corrected chi connectivity index (χ0v) is 14.2. The highest BCUT2D eigenvalue weighted by molar-refractivity contribution is 5.67. The Labute approximate surface area is 147 Å². The molecule has 2 aromatic rings. The quantitative estimate of drug-likeness (QED) is 0.840. The van der Waals surface area contributed by atoms with E-state index in [-0.39, 0.29) is 6.09 Å². The van der Waals surface area contributed by atoms with Gasteiger partial charge in [-0.3, -0.25) is 0 Å². The Morgan fingerprint density at radius 1 is 1.28 bits per heavy atom. The number of rotatable bonds is 5. The van der Waals surface area contributed by atoms with Crippen molar-refractivity contribution >= 4 is 6.09 Å². The fourth-order valence-electron chi connectivity index (χ4n) is 3.13. The summed E-state index contributed by atoms with van der Waals surface area (Å²) in [6.45, 7) is 2.58. The lowest BCUT2D eigenvalue weighted by Crippen LogP contribution is -2.39. The van der Waals surface area contributed by atoms with E-state index in [1.54, 1.807) is 17.4 Å². The molecule has 0 saturated carbocycles. The van der Waals surface area contributed by atoms with Crippen LogP contribution in [0.25, 0.3) is 0 Å². The zero-order chi connectivity index (χ0) is 17.5. The summed E-state index contributed by atoms with van der Waals surface area (Å²) < 4.78 is 7.45. The van der Waals surface area contributed by atoms with Crippen LogP contribution in [0.15, 0.2) is 42.9 Å².